The number of methoxy groups -OCH3 is 1. The van der Waals surface area contributed by atoms with Crippen LogP contribution in [-0.4, -0.2) is 113 Å². The summed E-state index contributed by atoms with van der Waals surface area (Å²) in [5.41, 5.74) is 2.28. The summed E-state index contributed by atoms with van der Waals surface area (Å²) in [6.07, 6.45) is -3.17. The first-order valence-corrected chi connectivity index (χ1v) is 19.9. The number of rotatable bonds is 15. The summed E-state index contributed by atoms with van der Waals surface area (Å²) < 4.78 is 64.2. The van der Waals surface area contributed by atoms with Crippen molar-refractivity contribution in [1.82, 2.24) is 14.9 Å². The highest BCUT2D eigenvalue weighted by atomic mass is 32.2. The van der Waals surface area contributed by atoms with Gasteiger partial charge in [0.15, 0.2) is 24.6 Å². The molecule has 2 fully saturated rings. The number of likely N-dealkylation sites (tertiary alicyclic amines) is 1. The van der Waals surface area contributed by atoms with Crippen molar-refractivity contribution >= 4 is 39.7 Å². The molecular formula is C39H50N4O13S. The van der Waals surface area contributed by atoms with Gasteiger partial charge in [-0.1, -0.05) is 12.1 Å². The summed E-state index contributed by atoms with van der Waals surface area (Å²) >= 11 is 0. The fraction of sp³-hybridized carbons (Fsp3) is 0.538. The number of benzene rings is 2. The first-order chi connectivity index (χ1) is 26.9. The average Bonchev–Trinajstić information content (AvgIpc) is 3.15. The van der Waals surface area contributed by atoms with E-state index in [-0.39, 0.29) is 23.8 Å². The fourth-order valence-corrected chi connectivity index (χ4v) is 8.56. The number of esters is 3. The molecule has 0 aliphatic carbocycles. The number of nitrogens with one attached hydrogen (secondary N) is 2. The lowest BCUT2D eigenvalue weighted by Crippen LogP contribution is -2.60. The van der Waals surface area contributed by atoms with Crippen molar-refractivity contribution in [2.75, 3.05) is 33.4 Å². The molecule has 0 bridgehead atoms. The van der Waals surface area contributed by atoms with Crippen molar-refractivity contribution in [2.45, 2.75) is 109 Å². The molecule has 0 saturated carbocycles. The number of nitriles is 1. The van der Waals surface area contributed by atoms with E-state index in [0.29, 0.717) is 46.7 Å². The molecule has 0 aromatic heterocycles. The summed E-state index contributed by atoms with van der Waals surface area (Å²) in [5.74, 6) is -3.22. The number of hydrogen-bond acceptors (Lipinski definition) is 14. The highest BCUT2D eigenvalue weighted by Gasteiger charge is 2.48. The Morgan fingerprint density at radius 3 is 2.09 bits per heavy atom. The number of hydrogen-bond donors (Lipinski definition) is 2. The Labute approximate surface area is 332 Å². The fourth-order valence-electron chi connectivity index (χ4n) is 6.86. The Hall–Kier alpha value is -5.09. The summed E-state index contributed by atoms with van der Waals surface area (Å²) in [6.45, 7) is 7.99. The van der Waals surface area contributed by atoms with Crippen LogP contribution in [0.1, 0.15) is 67.9 Å². The monoisotopic (exact) mass is 814 g/mol. The number of amides is 2. The molecule has 2 heterocycles. The zero-order valence-electron chi connectivity index (χ0n) is 33.1. The van der Waals surface area contributed by atoms with Gasteiger partial charge >= 0.3 is 17.9 Å². The van der Waals surface area contributed by atoms with Crippen molar-refractivity contribution in [3.05, 3.63) is 58.1 Å². The van der Waals surface area contributed by atoms with E-state index < -0.39 is 77.1 Å². The molecule has 18 heteroatoms. The lowest BCUT2D eigenvalue weighted by Gasteiger charge is -2.40. The van der Waals surface area contributed by atoms with E-state index in [1.165, 1.54) is 7.11 Å². The van der Waals surface area contributed by atoms with Crippen LogP contribution in [0.4, 0.5) is 0 Å². The third kappa shape index (κ3) is 11.7. The van der Waals surface area contributed by atoms with E-state index in [4.69, 9.17) is 28.4 Å². The molecular weight excluding hydrogens is 765 g/mol. The molecule has 4 rings (SSSR count). The largest absolute Gasteiger partial charge is 0.496 e. The lowest BCUT2D eigenvalue weighted by atomic mass is 10.0. The zero-order chi connectivity index (χ0) is 42.0. The van der Waals surface area contributed by atoms with Crippen LogP contribution in [0.25, 0.3) is 0 Å². The quantitative estimate of drug-likeness (QED) is 0.194. The molecule has 0 spiro atoms. The third-order valence-corrected chi connectivity index (χ3v) is 11.4. The van der Waals surface area contributed by atoms with E-state index >= 15 is 0 Å². The van der Waals surface area contributed by atoms with Gasteiger partial charge < -0.3 is 38.6 Å². The number of ether oxygens (including phenoxy) is 6. The Bertz CT molecular complexity index is 1960. The topological polar surface area (TPSA) is 226 Å². The smallest absolute Gasteiger partial charge is 0.303 e. The Kier molecular flexibility index (Phi) is 15.5. The molecule has 2 aromatic carbocycles. The van der Waals surface area contributed by atoms with Crippen molar-refractivity contribution in [3.8, 4) is 11.8 Å². The Morgan fingerprint density at radius 1 is 0.895 bits per heavy atom. The minimum Gasteiger partial charge on any atom is -0.496 e. The summed E-state index contributed by atoms with van der Waals surface area (Å²) in [5, 5.41) is 12.0. The number of aryl methyl sites for hydroxylation is 1. The normalized spacial score (nSPS) is 20.6. The minimum atomic E-state index is -4.52. The Balaban J connectivity index is 1.72. The van der Waals surface area contributed by atoms with Gasteiger partial charge in [0.25, 0.3) is 0 Å². The first kappa shape index (κ1) is 44.6. The molecule has 2 aliphatic rings. The minimum absolute atomic E-state index is 0.0187. The SMILES string of the molecule is COc1cc(C)c(S(=O)(=O)N[C@@H](CO[C@@H]2OC[C@@H](OC(C)=O)[C@@H](OC(C)=O)[C@H]2OC(C)=O)C(=O)N[C@H](Cc2ccc(C#N)cc2)C(=O)N2CCCCC2)c(C)c1C. The van der Waals surface area contributed by atoms with E-state index in [0.717, 1.165) is 40.0 Å². The second-order valence-corrected chi connectivity index (χ2v) is 15.6. The second kappa shape index (κ2) is 19.9. The number of sulfonamides is 1. The number of carbonyl (C=O) groups excluding carboxylic acids is 5. The molecule has 57 heavy (non-hydrogen) atoms. The van der Waals surface area contributed by atoms with E-state index in [1.807, 2.05) is 6.07 Å². The average molecular weight is 815 g/mol. The van der Waals surface area contributed by atoms with Gasteiger partial charge in [-0.3, -0.25) is 24.0 Å². The molecule has 2 aliphatic heterocycles. The maximum atomic E-state index is 14.4. The number of piperidine rings is 1. The van der Waals surface area contributed by atoms with Gasteiger partial charge in [-0.2, -0.15) is 9.98 Å². The molecule has 2 amide bonds. The van der Waals surface area contributed by atoms with Crippen molar-refractivity contribution in [3.63, 3.8) is 0 Å². The van der Waals surface area contributed by atoms with Crippen molar-refractivity contribution in [2.24, 2.45) is 0 Å². The summed E-state index contributed by atoms with van der Waals surface area (Å²) in [7, 11) is -3.06. The van der Waals surface area contributed by atoms with Crippen LogP contribution in [0.5, 0.6) is 5.75 Å². The standard InChI is InChI=1S/C39H50N4O13S/c1-22-17-32(51-7)23(2)24(3)36(22)57(49,50)42-31(20-52-39-35(56-27(6)46)34(55-26(5)45)33(21-53-39)54-25(4)44)37(47)41-30(38(48)43-15-9-8-10-16-43)18-28-11-13-29(19-40)14-12-28/h11-14,17,30-31,33-35,39,42H,8-10,15-16,18,20-21H2,1-7H3,(H,41,47)/t30-,31+,33-,34-,35-,39-/m1/s1. The molecule has 0 radical (unpaired) electrons. The van der Waals surface area contributed by atoms with E-state index in [1.54, 1.807) is 56.0 Å². The molecule has 17 nitrogen and oxygen atoms in total. The first-order valence-electron chi connectivity index (χ1n) is 18.5. The summed E-state index contributed by atoms with van der Waals surface area (Å²) in [4.78, 5) is 66.1. The maximum absolute atomic E-state index is 14.4. The number of nitrogens with zero attached hydrogens (tertiary/aromatic N) is 2. The van der Waals surface area contributed by atoms with Crippen LogP contribution in [0.15, 0.2) is 35.2 Å². The predicted octanol–water partition coefficient (Wildman–Crippen LogP) is 2.05. The maximum Gasteiger partial charge on any atom is 0.303 e. The molecule has 6 atom stereocenters. The second-order valence-electron chi connectivity index (χ2n) is 13.9. The van der Waals surface area contributed by atoms with Crippen molar-refractivity contribution < 1.29 is 60.8 Å². The molecule has 310 valence electrons. The van der Waals surface area contributed by atoms with Crippen LogP contribution in [0, 0.1) is 32.1 Å². The van der Waals surface area contributed by atoms with Gasteiger partial charge in [0.05, 0.1) is 36.9 Å². The highest BCUT2D eigenvalue weighted by Crippen LogP contribution is 2.31. The van der Waals surface area contributed by atoms with Crippen LogP contribution >= 0.6 is 0 Å². The molecule has 0 unspecified atom stereocenters. The zero-order valence-corrected chi connectivity index (χ0v) is 33.9. The van der Waals surface area contributed by atoms with Gasteiger partial charge in [-0.05, 0) is 80.5 Å². The molecule has 2 saturated heterocycles. The van der Waals surface area contributed by atoms with Gasteiger partial charge in [0.2, 0.25) is 21.8 Å². The van der Waals surface area contributed by atoms with Crippen LogP contribution in [-0.2, 0) is 64.1 Å². The van der Waals surface area contributed by atoms with Gasteiger partial charge in [-0.15, -0.1) is 0 Å². The van der Waals surface area contributed by atoms with Crippen LogP contribution in [0.2, 0.25) is 0 Å². The molecule has 2 aromatic rings. The van der Waals surface area contributed by atoms with E-state index in [9.17, 15) is 37.7 Å². The van der Waals surface area contributed by atoms with Crippen molar-refractivity contribution in [1.29, 1.82) is 5.26 Å². The summed E-state index contributed by atoms with van der Waals surface area (Å²) in [6, 6.07) is 7.23. The third-order valence-electron chi connectivity index (χ3n) is 9.62. The lowest BCUT2D eigenvalue weighted by molar-refractivity contribution is -0.281. The van der Waals surface area contributed by atoms with Crippen LogP contribution in [0.3, 0.4) is 0 Å². The molecule has 2 N–H and O–H groups in total. The number of carbonyl (C=O) groups is 5. The van der Waals surface area contributed by atoms with Crippen LogP contribution < -0.4 is 14.8 Å². The van der Waals surface area contributed by atoms with Gasteiger partial charge in [0.1, 0.15) is 17.8 Å². The van der Waals surface area contributed by atoms with Gasteiger partial charge in [0, 0.05) is 40.3 Å². The van der Waals surface area contributed by atoms with Gasteiger partial charge in [-0.25, -0.2) is 8.42 Å². The predicted molar refractivity (Wildman–Crippen MR) is 201 cm³/mol. The highest BCUT2D eigenvalue weighted by molar-refractivity contribution is 7.89. The Morgan fingerprint density at radius 2 is 1.51 bits per heavy atom. The van der Waals surface area contributed by atoms with E-state index in [2.05, 4.69) is 10.0 Å².